The molecule has 0 radical (unpaired) electrons. The fourth-order valence-electron chi connectivity index (χ4n) is 2.78. The van der Waals surface area contributed by atoms with Crippen molar-refractivity contribution in [3.63, 3.8) is 0 Å². The molecule has 1 amide bonds. The molecule has 0 spiro atoms. The molecule has 1 heterocycles. The van der Waals surface area contributed by atoms with Crippen LogP contribution in [0.1, 0.15) is 26.2 Å². The van der Waals surface area contributed by atoms with Gasteiger partial charge in [0, 0.05) is 5.39 Å². The van der Waals surface area contributed by atoms with Crippen molar-refractivity contribution in [2.75, 3.05) is 5.75 Å². The van der Waals surface area contributed by atoms with Crippen molar-refractivity contribution >= 4 is 26.8 Å². The lowest BCUT2D eigenvalue weighted by molar-refractivity contribution is -0.123. The predicted molar refractivity (Wildman–Crippen MR) is 88.2 cm³/mol. The maximum absolute atomic E-state index is 12.2. The molecule has 0 aliphatic heterocycles. The van der Waals surface area contributed by atoms with Gasteiger partial charge in [0.05, 0.1) is 29.9 Å². The summed E-state index contributed by atoms with van der Waals surface area (Å²) in [5.41, 5.74) is 0.935. The first-order chi connectivity index (χ1) is 10.9. The van der Waals surface area contributed by atoms with Crippen molar-refractivity contribution in [3.05, 3.63) is 30.5 Å². The van der Waals surface area contributed by atoms with Crippen molar-refractivity contribution in [1.29, 1.82) is 0 Å². The van der Waals surface area contributed by atoms with Crippen LogP contribution in [0.3, 0.4) is 0 Å². The van der Waals surface area contributed by atoms with E-state index in [1.165, 1.54) is 0 Å². The SMILES string of the molecule is C[C@H](Cn1ncc2ccccc21)C(=O)NS(=O)(=O)CC1CCC1. The van der Waals surface area contributed by atoms with Gasteiger partial charge in [0.1, 0.15) is 0 Å². The molecule has 3 rings (SSSR count). The second kappa shape index (κ2) is 6.31. The average Bonchev–Trinajstić information content (AvgIpc) is 2.86. The number of para-hydroxylation sites is 1. The highest BCUT2D eigenvalue weighted by atomic mass is 32.2. The van der Waals surface area contributed by atoms with Crippen LogP contribution in [0.15, 0.2) is 30.5 Å². The highest BCUT2D eigenvalue weighted by molar-refractivity contribution is 7.90. The quantitative estimate of drug-likeness (QED) is 0.874. The molecule has 1 aliphatic carbocycles. The number of sulfonamides is 1. The Labute approximate surface area is 135 Å². The molecule has 1 aliphatic rings. The van der Waals surface area contributed by atoms with Crippen LogP contribution in [0.25, 0.3) is 10.9 Å². The molecule has 23 heavy (non-hydrogen) atoms. The highest BCUT2D eigenvalue weighted by Gasteiger charge is 2.27. The number of hydrogen-bond acceptors (Lipinski definition) is 4. The van der Waals surface area contributed by atoms with E-state index in [9.17, 15) is 13.2 Å². The third-order valence-corrected chi connectivity index (χ3v) is 5.80. The molecule has 0 unspecified atom stereocenters. The predicted octanol–water partition coefficient (Wildman–Crippen LogP) is 1.92. The number of amides is 1. The summed E-state index contributed by atoms with van der Waals surface area (Å²) in [6.07, 6.45) is 4.69. The first kappa shape index (κ1) is 16.0. The third-order valence-electron chi connectivity index (χ3n) is 4.38. The molecule has 1 saturated carbocycles. The van der Waals surface area contributed by atoms with Crippen LogP contribution in [0.2, 0.25) is 0 Å². The second-order valence-corrected chi connectivity index (χ2v) is 8.10. The molecular weight excluding hydrogens is 314 g/mol. The van der Waals surface area contributed by atoms with E-state index in [-0.39, 0.29) is 11.7 Å². The van der Waals surface area contributed by atoms with E-state index < -0.39 is 21.8 Å². The van der Waals surface area contributed by atoms with Crippen LogP contribution < -0.4 is 4.72 Å². The van der Waals surface area contributed by atoms with E-state index >= 15 is 0 Å². The van der Waals surface area contributed by atoms with E-state index in [1.54, 1.807) is 17.8 Å². The van der Waals surface area contributed by atoms with Gasteiger partial charge >= 0.3 is 0 Å². The van der Waals surface area contributed by atoms with Crippen LogP contribution in [0.5, 0.6) is 0 Å². The van der Waals surface area contributed by atoms with E-state index in [1.807, 2.05) is 24.3 Å². The first-order valence-corrected chi connectivity index (χ1v) is 9.55. The normalized spacial score (nSPS) is 16.9. The monoisotopic (exact) mass is 335 g/mol. The molecule has 1 atom stereocenters. The Morgan fingerprint density at radius 2 is 2.13 bits per heavy atom. The van der Waals surface area contributed by atoms with Gasteiger partial charge in [-0.3, -0.25) is 14.2 Å². The molecule has 1 aromatic carbocycles. The molecule has 0 bridgehead atoms. The molecule has 6 nitrogen and oxygen atoms in total. The Hall–Kier alpha value is -1.89. The van der Waals surface area contributed by atoms with Crippen LogP contribution >= 0.6 is 0 Å². The molecule has 0 saturated heterocycles. The van der Waals surface area contributed by atoms with Crippen molar-refractivity contribution in [2.24, 2.45) is 11.8 Å². The molecule has 1 fully saturated rings. The number of rotatable bonds is 6. The Bertz CT molecular complexity index is 809. The van der Waals surface area contributed by atoms with Gasteiger partial charge in [-0.05, 0) is 24.8 Å². The third kappa shape index (κ3) is 3.72. The van der Waals surface area contributed by atoms with Gasteiger partial charge in [-0.25, -0.2) is 8.42 Å². The van der Waals surface area contributed by atoms with E-state index in [4.69, 9.17) is 0 Å². The first-order valence-electron chi connectivity index (χ1n) is 7.89. The van der Waals surface area contributed by atoms with E-state index in [0.29, 0.717) is 6.54 Å². The number of nitrogens with zero attached hydrogens (tertiary/aromatic N) is 2. The fraction of sp³-hybridized carbons (Fsp3) is 0.500. The highest BCUT2D eigenvalue weighted by Crippen LogP contribution is 2.27. The maximum Gasteiger partial charge on any atom is 0.238 e. The van der Waals surface area contributed by atoms with Crippen molar-refractivity contribution < 1.29 is 13.2 Å². The maximum atomic E-state index is 12.2. The number of fused-ring (bicyclic) bond motifs is 1. The van der Waals surface area contributed by atoms with E-state index in [0.717, 1.165) is 30.2 Å². The molecule has 1 aromatic heterocycles. The summed E-state index contributed by atoms with van der Waals surface area (Å²) in [7, 11) is -3.54. The molecule has 124 valence electrons. The summed E-state index contributed by atoms with van der Waals surface area (Å²) in [5, 5.41) is 5.27. The lowest BCUT2D eigenvalue weighted by Crippen LogP contribution is -2.40. The number of benzene rings is 1. The van der Waals surface area contributed by atoms with Gasteiger partial charge in [-0.1, -0.05) is 31.5 Å². The number of hydrogen-bond donors (Lipinski definition) is 1. The molecular formula is C16H21N3O3S. The molecule has 2 aromatic rings. The Morgan fingerprint density at radius 3 is 2.83 bits per heavy atom. The largest absolute Gasteiger partial charge is 0.274 e. The Morgan fingerprint density at radius 1 is 1.39 bits per heavy atom. The zero-order valence-electron chi connectivity index (χ0n) is 13.1. The van der Waals surface area contributed by atoms with Gasteiger partial charge in [-0.15, -0.1) is 0 Å². The number of nitrogens with one attached hydrogen (secondary N) is 1. The smallest absolute Gasteiger partial charge is 0.238 e. The fourth-order valence-corrected chi connectivity index (χ4v) is 4.32. The topological polar surface area (TPSA) is 81.1 Å². The number of aromatic nitrogens is 2. The minimum Gasteiger partial charge on any atom is -0.274 e. The van der Waals surface area contributed by atoms with Crippen molar-refractivity contribution in [2.45, 2.75) is 32.7 Å². The minimum absolute atomic E-state index is 0.0517. The van der Waals surface area contributed by atoms with Crippen LogP contribution in [-0.2, 0) is 21.4 Å². The van der Waals surface area contributed by atoms with Gasteiger partial charge in [0.15, 0.2) is 0 Å². The van der Waals surface area contributed by atoms with Gasteiger partial charge in [0.2, 0.25) is 15.9 Å². The number of carbonyl (C=O) groups is 1. The van der Waals surface area contributed by atoms with Crippen molar-refractivity contribution in [3.8, 4) is 0 Å². The summed E-state index contributed by atoms with van der Waals surface area (Å²) >= 11 is 0. The summed E-state index contributed by atoms with van der Waals surface area (Å²) < 4.78 is 28.0. The van der Waals surface area contributed by atoms with Gasteiger partial charge in [0.25, 0.3) is 0 Å². The Balaban J connectivity index is 1.63. The van der Waals surface area contributed by atoms with Gasteiger partial charge < -0.3 is 0 Å². The van der Waals surface area contributed by atoms with Crippen molar-refractivity contribution in [1.82, 2.24) is 14.5 Å². The second-order valence-electron chi connectivity index (χ2n) is 6.33. The molecule has 1 N–H and O–H groups in total. The zero-order valence-corrected chi connectivity index (χ0v) is 13.9. The summed E-state index contributed by atoms with van der Waals surface area (Å²) in [6, 6.07) is 7.72. The lowest BCUT2D eigenvalue weighted by Gasteiger charge is -2.25. The van der Waals surface area contributed by atoms with Gasteiger partial charge in [-0.2, -0.15) is 5.10 Å². The lowest BCUT2D eigenvalue weighted by atomic mass is 9.87. The standard InChI is InChI=1S/C16H21N3O3S/c1-12(10-19-15-8-3-2-7-14(15)9-17-19)16(20)18-23(21,22)11-13-5-4-6-13/h2-3,7-9,12-13H,4-6,10-11H2,1H3,(H,18,20)/t12-/m1/s1. The zero-order chi connectivity index (χ0) is 16.4. The number of carbonyl (C=O) groups excluding carboxylic acids is 1. The Kier molecular flexibility index (Phi) is 4.39. The van der Waals surface area contributed by atoms with Crippen LogP contribution in [0.4, 0.5) is 0 Å². The van der Waals surface area contributed by atoms with Crippen LogP contribution in [-0.4, -0.2) is 29.9 Å². The minimum atomic E-state index is -3.54. The van der Waals surface area contributed by atoms with Crippen LogP contribution in [0, 0.1) is 11.8 Å². The summed E-state index contributed by atoms with van der Waals surface area (Å²) in [5.74, 6) is -0.695. The summed E-state index contributed by atoms with van der Waals surface area (Å²) in [6.45, 7) is 2.06. The molecule has 7 heteroatoms. The average molecular weight is 335 g/mol. The van der Waals surface area contributed by atoms with E-state index in [2.05, 4.69) is 9.82 Å². The summed E-state index contributed by atoms with van der Waals surface area (Å²) in [4.78, 5) is 12.2.